The van der Waals surface area contributed by atoms with Crippen molar-refractivity contribution in [2.45, 2.75) is 25.7 Å². The molecule has 1 spiro atoms. The summed E-state index contributed by atoms with van der Waals surface area (Å²) >= 11 is 0. The molecule has 7 bridgehead atoms. The molecular weight excluding hydrogens is 144 g/mol. The van der Waals surface area contributed by atoms with Crippen LogP contribution in [0.1, 0.15) is 25.7 Å². The lowest BCUT2D eigenvalue weighted by molar-refractivity contribution is -0.160. The van der Waals surface area contributed by atoms with Crippen LogP contribution in [-0.4, -0.2) is 0 Å². The Morgan fingerprint density at radius 2 is 2.33 bits per heavy atom. The van der Waals surface area contributed by atoms with E-state index in [1.54, 1.807) is 12.0 Å². The van der Waals surface area contributed by atoms with Gasteiger partial charge in [0.2, 0.25) is 0 Å². The van der Waals surface area contributed by atoms with Gasteiger partial charge in [0.1, 0.15) is 0 Å². The zero-order chi connectivity index (χ0) is 7.50. The topological polar surface area (TPSA) is 0 Å². The SMILES string of the molecule is C1=C2CC3CC4(C2)C2CC1=C2C34. The van der Waals surface area contributed by atoms with E-state index in [4.69, 9.17) is 0 Å². The lowest BCUT2D eigenvalue weighted by Gasteiger charge is -2.75. The smallest absolute Gasteiger partial charge is 0.00882 e. The van der Waals surface area contributed by atoms with Crippen molar-refractivity contribution in [2.75, 3.05) is 0 Å². The van der Waals surface area contributed by atoms with E-state index >= 15 is 0 Å². The Kier molecular flexibility index (Phi) is 0.509. The Bertz CT molecular complexity index is 385. The average Bonchev–Trinajstić information content (AvgIpc) is 2.27. The van der Waals surface area contributed by atoms with Crippen LogP contribution < -0.4 is 0 Å². The molecule has 0 aromatic rings. The van der Waals surface area contributed by atoms with Crippen LogP contribution in [0.5, 0.6) is 0 Å². The molecule has 0 N–H and O–H groups in total. The molecule has 0 heteroatoms. The highest BCUT2D eigenvalue weighted by atomic mass is 14.8. The molecule has 4 saturated carbocycles. The second-order valence-corrected chi connectivity index (χ2v) is 5.60. The summed E-state index contributed by atoms with van der Waals surface area (Å²) in [5, 5.41) is 0. The fraction of sp³-hybridized carbons (Fsp3) is 0.667. The molecule has 4 unspecified atom stereocenters. The lowest BCUT2D eigenvalue weighted by atomic mass is 9.29. The lowest BCUT2D eigenvalue weighted by Crippen LogP contribution is -2.67. The van der Waals surface area contributed by atoms with Crippen molar-refractivity contribution >= 4 is 0 Å². The van der Waals surface area contributed by atoms with Gasteiger partial charge in [0.25, 0.3) is 0 Å². The fourth-order valence-electron chi connectivity index (χ4n) is 5.16. The molecule has 9 rings (SSSR count). The molecule has 0 nitrogen and oxygen atoms in total. The molecule has 0 heterocycles. The van der Waals surface area contributed by atoms with E-state index in [1.165, 1.54) is 19.3 Å². The maximum atomic E-state index is 2.56. The highest BCUT2D eigenvalue weighted by Crippen LogP contribution is 2.83. The summed E-state index contributed by atoms with van der Waals surface area (Å²) in [6.07, 6.45) is 8.57. The Labute approximate surface area is 72.3 Å². The predicted molar refractivity (Wildman–Crippen MR) is 46.5 cm³/mol. The van der Waals surface area contributed by atoms with E-state index in [0.717, 1.165) is 23.2 Å². The van der Waals surface area contributed by atoms with Crippen LogP contribution in [0.4, 0.5) is 0 Å². The number of rotatable bonds is 0. The van der Waals surface area contributed by atoms with Gasteiger partial charge in [-0.25, -0.2) is 0 Å². The van der Waals surface area contributed by atoms with E-state index in [9.17, 15) is 0 Å². The van der Waals surface area contributed by atoms with Crippen molar-refractivity contribution in [3.8, 4) is 0 Å². The van der Waals surface area contributed by atoms with Gasteiger partial charge in [-0.05, 0) is 54.4 Å². The third-order valence-electron chi connectivity index (χ3n) is 5.39. The number of allylic oxidation sites excluding steroid dienone is 4. The summed E-state index contributed by atoms with van der Waals surface area (Å²) in [5.74, 6) is 3.30. The van der Waals surface area contributed by atoms with Crippen molar-refractivity contribution in [2.24, 2.45) is 23.2 Å². The zero-order valence-corrected chi connectivity index (χ0v) is 7.14. The third-order valence-corrected chi connectivity index (χ3v) is 5.39. The van der Waals surface area contributed by atoms with E-state index in [0.29, 0.717) is 0 Å². The quantitative estimate of drug-likeness (QED) is 0.506. The minimum atomic E-state index is 0.865. The first-order valence-corrected chi connectivity index (χ1v) is 5.31. The molecule has 0 aromatic heterocycles. The first-order chi connectivity index (χ1) is 5.88. The summed E-state index contributed by atoms with van der Waals surface area (Å²) < 4.78 is 0. The molecule has 0 aromatic carbocycles. The minimum absolute atomic E-state index is 0.865. The first-order valence-electron chi connectivity index (χ1n) is 5.31. The van der Waals surface area contributed by atoms with Crippen molar-refractivity contribution in [1.29, 1.82) is 0 Å². The van der Waals surface area contributed by atoms with Gasteiger partial charge in [0, 0.05) is 0 Å². The van der Waals surface area contributed by atoms with Crippen molar-refractivity contribution in [3.63, 3.8) is 0 Å². The van der Waals surface area contributed by atoms with Crippen LogP contribution in [0, 0.1) is 23.2 Å². The number of hydrogen-bond donors (Lipinski definition) is 0. The molecule has 0 radical (unpaired) electrons. The van der Waals surface area contributed by atoms with Crippen LogP contribution >= 0.6 is 0 Å². The van der Waals surface area contributed by atoms with E-state index in [1.807, 2.05) is 11.1 Å². The normalized spacial score (nSPS) is 61.3. The Morgan fingerprint density at radius 3 is 3.33 bits per heavy atom. The molecule has 60 valence electrons. The Balaban J connectivity index is 1.93. The standard InChI is InChI=1S/C12H12/c1-6-2-8-5-12(4-6)9-3-7(1)10(9)11(8)12/h1,8-9,11H,2-5H2. The maximum absolute atomic E-state index is 2.56. The third kappa shape index (κ3) is 0.278. The van der Waals surface area contributed by atoms with Gasteiger partial charge in [-0.15, -0.1) is 0 Å². The molecule has 4 atom stereocenters. The molecule has 0 amide bonds. The molecular formula is C12H12. The summed E-state index contributed by atoms with van der Waals surface area (Å²) in [6, 6.07) is 0. The van der Waals surface area contributed by atoms with Crippen LogP contribution in [-0.2, 0) is 0 Å². The molecule has 9 aliphatic carbocycles. The van der Waals surface area contributed by atoms with Gasteiger partial charge < -0.3 is 0 Å². The first kappa shape index (κ1) is 5.26. The molecule has 4 fully saturated rings. The maximum Gasteiger partial charge on any atom is -0.00882 e. The summed E-state index contributed by atoms with van der Waals surface area (Å²) in [4.78, 5) is 0. The molecule has 12 heavy (non-hydrogen) atoms. The van der Waals surface area contributed by atoms with E-state index in [-0.39, 0.29) is 0 Å². The van der Waals surface area contributed by atoms with Crippen molar-refractivity contribution < 1.29 is 0 Å². The van der Waals surface area contributed by atoms with Gasteiger partial charge in [0.15, 0.2) is 0 Å². The average molecular weight is 156 g/mol. The molecule has 9 aliphatic rings. The monoisotopic (exact) mass is 156 g/mol. The Morgan fingerprint density at radius 1 is 1.33 bits per heavy atom. The largest absolute Gasteiger partial charge is 0.0690 e. The van der Waals surface area contributed by atoms with Crippen molar-refractivity contribution in [3.05, 3.63) is 22.8 Å². The fourth-order valence-corrected chi connectivity index (χ4v) is 5.16. The summed E-state index contributed by atoms with van der Waals surface area (Å²) in [5.41, 5.74) is 6.38. The molecule has 0 saturated heterocycles. The van der Waals surface area contributed by atoms with Crippen LogP contribution in [0.15, 0.2) is 22.8 Å². The zero-order valence-electron chi connectivity index (χ0n) is 7.14. The highest BCUT2D eigenvalue weighted by molar-refractivity contribution is 5.57. The molecule has 0 aliphatic heterocycles. The van der Waals surface area contributed by atoms with Crippen molar-refractivity contribution in [1.82, 2.24) is 0 Å². The van der Waals surface area contributed by atoms with Gasteiger partial charge >= 0.3 is 0 Å². The summed E-state index contributed by atoms with van der Waals surface area (Å²) in [6.45, 7) is 0. The predicted octanol–water partition coefficient (Wildman–Crippen LogP) is 2.67. The minimum Gasteiger partial charge on any atom is -0.0690 e. The van der Waals surface area contributed by atoms with Crippen LogP contribution in [0.2, 0.25) is 0 Å². The van der Waals surface area contributed by atoms with Crippen LogP contribution in [0.25, 0.3) is 0 Å². The number of hydrogen-bond acceptors (Lipinski definition) is 0. The second kappa shape index (κ2) is 1.16. The van der Waals surface area contributed by atoms with Gasteiger partial charge in [-0.2, -0.15) is 0 Å². The Hall–Kier alpha value is -0.520. The van der Waals surface area contributed by atoms with Gasteiger partial charge in [-0.3, -0.25) is 0 Å². The highest BCUT2D eigenvalue weighted by Gasteiger charge is 2.74. The summed E-state index contributed by atoms with van der Waals surface area (Å²) in [7, 11) is 0. The van der Waals surface area contributed by atoms with Gasteiger partial charge in [-0.1, -0.05) is 17.2 Å². The van der Waals surface area contributed by atoms with E-state index < -0.39 is 0 Å². The van der Waals surface area contributed by atoms with Crippen LogP contribution in [0.3, 0.4) is 0 Å². The van der Waals surface area contributed by atoms with E-state index in [2.05, 4.69) is 6.08 Å². The second-order valence-electron chi connectivity index (χ2n) is 5.60. The van der Waals surface area contributed by atoms with Gasteiger partial charge in [0.05, 0.1) is 0 Å².